The van der Waals surface area contributed by atoms with E-state index >= 15 is 0 Å². The third-order valence-electron chi connectivity index (χ3n) is 3.03. The van der Waals surface area contributed by atoms with Crippen molar-refractivity contribution in [3.8, 4) is 0 Å². The average molecular weight is 240 g/mol. The summed E-state index contributed by atoms with van der Waals surface area (Å²) in [5.41, 5.74) is 8.27. The van der Waals surface area contributed by atoms with Crippen LogP contribution in [0.3, 0.4) is 0 Å². The molecule has 0 aromatic heterocycles. The Morgan fingerprint density at radius 2 is 1.67 bits per heavy atom. The first-order valence-electron chi connectivity index (χ1n) is 5.90. The van der Waals surface area contributed by atoms with Gasteiger partial charge in [-0.3, -0.25) is 4.79 Å². The number of benzene rings is 2. The Kier molecular flexibility index (Phi) is 3.97. The summed E-state index contributed by atoms with van der Waals surface area (Å²) in [6, 6.07) is 19.2. The van der Waals surface area contributed by atoms with E-state index in [2.05, 4.69) is 65.6 Å². The zero-order valence-corrected chi connectivity index (χ0v) is 10.0. The normalized spacial score (nSPS) is 15.9. The van der Waals surface area contributed by atoms with Crippen molar-refractivity contribution in [1.82, 2.24) is 0 Å². The molecule has 3 heteroatoms. The predicted molar refractivity (Wildman–Crippen MR) is 73.5 cm³/mol. The Balaban J connectivity index is 0.000000367. The van der Waals surface area contributed by atoms with Crippen LogP contribution in [0.4, 0.5) is 5.69 Å². The topological polar surface area (TPSA) is 55.1 Å². The van der Waals surface area contributed by atoms with Gasteiger partial charge in [-0.25, -0.2) is 0 Å². The Bertz CT molecular complexity index is 511. The van der Waals surface area contributed by atoms with Gasteiger partial charge in [0.1, 0.15) is 0 Å². The largest absolute Gasteiger partial charge is 0.384 e. The molecule has 0 bridgehead atoms. The lowest BCUT2D eigenvalue weighted by Gasteiger charge is -2.09. The molecule has 3 N–H and O–H groups in total. The number of primary amides is 1. The Morgan fingerprint density at radius 3 is 2.39 bits per heavy atom. The van der Waals surface area contributed by atoms with Gasteiger partial charge in [-0.05, 0) is 17.2 Å². The van der Waals surface area contributed by atoms with Crippen molar-refractivity contribution in [3.63, 3.8) is 0 Å². The van der Waals surface area contributed by atoms with Crippen molar-refractivity contribution in [2.24, 2.45) is 5.73 Å². The highest BCUT2D eigenvalue weighted by atomic mass is 16.1. The van der Waals surface area contributed by atoms with Gasteiger partial charge in [0.2, 0.25) is 6.41 Å². The van der Waals surface area contributed by atoms with Crippen LogP contribution in [0.1, 0.15) is 17.0 Å². The first-order valence-corrected chi connectivity index (χ1v) is 5.90. The summed E-state index contributed by atoms with van der Waals surface area (Å²) in [5.74, 6) is 0.516. The molecule has 1 aliphatic heterocycles. The molecule has 2 aromatic carbocycles. The van der Waals surface area contributed by atoms with Gasteiger partial charge in [-0.15, -0.1) is 0 Å². The van der Waals surface area contributed by atoms with E-state index in [9.17, 15) is 0 Å². The van der Waals surface area contributed by atoms with Gasteiger partial charge in [0, 0.05) is 18.2 Å². The van der Waals surface area contributed by atoms with Crippen LogP contribution in [0.2, 0.25) is 0 Å². The molecule has 1 aliphatic rings. The fraction of sp³-hybridized carbons (Fsp3) is 0.133. The molecule has 0 fully saturated rings. The molecule has 18 heavy (non-hydrogen) atoms. The number of carbonyl (C=O) groups excluding carboxylic acids is 1. The molecular weight excluding hydrogens is 224 g/mol. The molecule has 2 aromatic rings. The van der Waals surface area contributed by atoms with Crippen LogP contribution in [-0.4, -0.2) is 13.0 Å². The lowest BCUT2D eigenvalue weighted by Crippen LogP contribution is -2.03. The van der Waals surface area contributed by atoms with E-state index in [1.54, 1.807) is 0 Å². The summed E-state index contributed by atoms with van der Waals surface area (Å²) < 4.78 is 0. The molecule has 0 radical (unpaired) electrons. The van der Waals surface area contributed by atoms with E-state index in [1.807, 2.05) is 0 Å². The molecule has 1 atom stereocenters. The Labute approximate surface area is 107 Å². The van der Waals surface area contributed by atoms with Gasteiger partial charge in [0.05, 0.1) is 0 Å². The Hall–Kier alpha value is -2.29. The molecule has 0 saturated carbocycles. The second-order valence-corrected chi connectivity index (χ2v) is 4.07. The van der Waals surface area contributed by atoms with Crippen LogP contribution in [-0.2, 0) is 4.79 Å². The number of hydrogen-bond acceptors (Lipinski definition) is 2. The SMILES string of the molecule is NC=O.c1ccc(C2CNc3ccccc32)cc1. The lowest BCUT2D eigenvalue weighted by atomic mass is 9.93. The Morgan fingerprint density at radius 1 is 1.06 bits per heavy atom. The highest BCUT2D eigenvalue weighted by Gasteiger charge is 2.22. The van der Waals surface area contributed by atoms with Crippen LogP contribution >= 0.6 is 0 Å². The number of amides is 1. The molecule has 92 valence electrons. The third kappa shape index (κ3) is 2.51. The van der Waals surface area contributed by atoms with Crippen molar-refractivity contribution in [2.45, 2.75) is 5.92 Å². The van der Waals surface area contributed by atoms with Gasteiger partial charge in [-0.2, -0.15) is 0 Å². The number of nitrogens with one attached hydrogen (secondary N) is 1. The van der Waals surface area contributed by atoms with E-state index in [0.29, 0.717) is 5.92 Å². The van der Waals surface area contributed by atoms with Gasteiger partial charge in [0.15, 0.2) is 0 Å². The van der Waals surface area contributed by atoms with Crippen molar-refractivity contribution >= 4 is 12.1 Å². The molecule has 3 nitrogen and oxygen atoms in total. The van der Waals surface area contributed by atoms with Crippen molar-refractivity contribution in [1.29, 1.82) is 0 Å². The fourth-order valence-electron chi connectivity index (χ4n) is 2.27. The van der Waals surface area contributed by atoms with Crippen molar-refractivity contribution < 1.29 is 4.79 Å². The summed E-state index contributed by atoms with van der Waals surface area (Å²) in [6.07, 6.45) is 0.250. The van der Waals surface area contributed by atoms with E-state index in [1.165, 1.54) is 16.8 Å². The first kappa shape index (κ1) is 12.2. The molecule has 1 amide bonds. The minimum Gasteiger partial charge on any atom is -0.384 e. The number of fused-ring (bicyclic) bond motifs is 1. The molecule has 3 rings (SSSR count). The van der Waals surface area contributed by atoms with Gasteiger partial charge >= 0.3 is 0 Å². The molecule has 0 aliphatic carbocycles. The predicted octanol–water partition coefficient (Wildman–Crippen LogP) is 2.35. The molecule has 1 unspecified atom stereocenters. The number of para-hydroxylation sites is 1. The van der Waals surface area contributed by atoms with Gasteiger partial charge < -0.3 is 11.1 Å². The van der Waals surface area contributed by atoms with E-state index < -0.39 is 0 Å². The highest BCUT2D eigenvalue weighted by Crippen LogP contribution is 2.35. The van der Waals surface area contributed by atoms with Gasteiger partial charge in [0.25, 0.3) is 0 Å². The minimum absolute atomic E-state index is 0.250. The molecule has 0 spiro atoms. The summed E-state index contributed by atoms with van der Waals surface area (Å²) in [4.78, 5) is 8.58. The maximum Gasteiger partial charge on any atom is 0.204 e. The monoisotopic (exact) mass is 240 g/mol. The van der Waals surface area contributed by atoms with E-state index in [0.717, 1.165) is 6.54 Å². The standard InChI is InChI=1S/C14H13N.CH3NO/c1-2-6-11(7-3-1)13-10-15-14-9-5-4-8-12(13)14;2-1-3/h1-9,13,15H,10H2;1H,(H2,2,3). The molecule has 0 saturated heterocycles. The average Bonchev–Trinajstić information content (AvgIpc) is 2.84. The molecule has 1 heterocycles. The van der Waals surface area contributed by atoms with Crippen LogP contribution < -0.4 is 11.1 Å². The zero-order chi connectivity index (χ0) is 12.8. The van der Waals surface area contributed by atoms with Crippen molar-refractivity contribution in [2.75, 3.05) is 11.9 Å². The quantitative estimate of drug-likeness (QED) is 0.752. The maximum atomic E-state index is 8.58. The minimum atomic E-state index is 0.250. The second-order valence-electron chi connectivity index (χ2n) is 4.07. The zero-order valence-electron chi connectivity index (χ0n) is 10.0. The third-order valence-corrected chi connectivity index (χ3v) is 3.03. The number of hydrogen-bond donors (Lipinski definition) is 2. The number of carbonyl (C=O) groups is 1. The van der Waals surface area contributed by atoms with Gasteiger partial charge in [-0.1, -0.05) is 48.5 Å². The summed E-state index contributed by atoms with van der Waals surface area (Å²) in [6.45, 7) is 1.02. The lowest BCUT2D eigenvalue weighted by molar-refractivity contribution is -0.106. The van der Waals surface area contributed by atoms with E-state index in [4.69, 9.17) is 4.79 Å². The maximum absolute atomic E-state index is 8.58. The molecular formula is C15H16N2O. The summed E-state index contributed by atoms with van der Waals surface area (Å²) in [5, 5.41) is 3.45. The number of rotatable bonds is 1. The van der Waals surface area contributed by atoms with Crippen LogP contribution in [0.15, 0.2) is 54.6 Å². The fourth-order valence-corrected chi connectivity index (χ4v) is 2.27. The van der Waals surface area contributed by atoms with E-state index in [-0.39, 0.29) is 6.41 Å². The number of anilines is 1. The highest BCUT2D eigenvalue weighted by molar-refractivity contribution is 5.60. The summed E-state index contributed by atoms with van der Waals surface area (Å²) in [7, 11) is 0. The smallest absolute Gasteiger partial charge is 0.204 e. The number of nitrogens with two attached hydrogens (primary N) is 1. The van der Waals surface area contributed by atoms with Crippen LogP contribution in [0, 0.1) is 0 Å². The van der Waals surface area contributed by atoms with Crippen LogP contribution in [0.5, 0.6) is 0 Å². The first-order chi connectivity index (χ1) is 8.86. The second kappa shape index (κ2) is 5.87. The van der Waals surface area contributed by atoms with Crippen LogP contribution in [0.25, 0.3) is 0 Å². The van der Waals surface area contributed by atoms with Crippen molar-refractivity contribution in [3.05, 3.63) is 65.7 Å². The summed E-state index contributed by atoms with van der Waals surface area (Å²) >= 11 is 0.